The van der Waals surface area contributed by atoms with E-state index in [9.17, 15) is 5.11 Å². The first kappa shape index (κ1) is 10.9. The summed E-state index contributed by atoms with van der Waals surface area (Å²) in [4.78, 5) is 2.16. The van der Waals surface area contributed by atoms with Crippen LogP contribution in [-0.4, -0.2) is 23.6 Å². The first-order chi connectivity index (χ1) is 6.63. The average Bonchev–Trinajstić information content (AvgIpc) is 2.12. The Bertz CT molecular complexity index is 299. The molecular formula is C11H18N2O. The second kappa shape index (κ2) is 4.86. The van der Waals surface area contributed by atoms with Gasteiger partial charge in [-0.25, -0.2) is 0 Å². The van der Waals surface area contributed by atoms with E-state index in [4.69, 9.17) is 5.73 Å². The summed E-state index contributed by atoms with van der Waals surface area (Å²) in [5.74, 6) is 0.321. The standard InChI is InChI=1S/C11H18N2O/c1-3-6-13(2)8-9-7-10(12)4-5-11(9)14/h4-5,7,14H,3,6,8,12H2,1-2H3. The minimum absolute atomic E-state index is 0.321. The first-order valence-corrected chi connectivity index (χ1v) is 4.89. The van der Waals surface area contributed by atoms with Gasteiger partial charge in [0, 0.05) is 17.8 Å². The predicted octanol–water partition coefficient (Wildman–Crippen LogP) is 1.82. The van der Waals surface area contributed by atoms with Gasteiger partial charge in [0.25, 0.3) is 0 Å². The van der Waals surface area contributed by atoms with Crippen molar-refractivity contribution in [2.45, 2.75) is 19.9 Å². The van der Waals surface area contributed by atoms with Crippen molar-refractivity contribution >= 4 is 5.69 Å². The molecule has 1 rings (SSSR count). The Morgan fingerprint density at radius 1 is 1.43 bits per heavy atom. The Labute approximate surface area is 85.2 Å². The number of hydrogen-bond donors (Lipinski definition) is 2. The van der Waals surface area contributed by atoms with Gasteiger partial charge in [-0.3, -0.25) is 0 Å². The van der Waals surface area contributed by atoms with Crippen LogP contribution >= 0.6 is 0 Å². The topological polar surface area (TPSA) is 49.5 Å². The largest absolute Gasteiger partial charge is 0.508 e. The summed E-state index contributed by atoms with van der Waals surface area (Å²) in [6.07, 6.45) is 1.11. The van der Waals surface area contributed by atoms with Crippen LogP contribution in [-0.2, 0) is 6.54 Å². The van der Waals surface area contributed by atoms with Crippen LogP contribution in [0, 0.1) is 0 Å². The molecule has 3 N–H and O–H groups in total. The van der Waals surface area contributed by atoms with Crippen LogP contribution < -0.4 is 5.73 Å². The van der Waals surface area contributed by atoms with E-state index in [0.29, 0.717) is 11.4 Å². The van der Waals surface area contributed by atoms with Crippen LogP contribution in [0.3, 0.4) is 0 Å². The highest BCUT2D eigenvalue weighted by Gasteiger charge is 2.04. The number of aromatic hydroxyl groups is 1. The molecule has 0 aliphatic rings. The molecule has 0 unspecified atom stereocenters. The highest BCUT2D eigenvalue weighted by atomic mass is 16.3. The molecule has 14 heavy (non-hydrogen) atoms. The lowest BCUT2D eigenvalue weighted by Crippen LogP contribution is -2.18. The average molecular weight is 194 g/mol. The molecule has 0 fully saturated rings. The second-order valence-electron chi connectivity index (χ2n) is 3.63. The number of benzene rings is 1. The van der Waals surface area contributed by atoms with E-state index >= 15 is 0 Å². The van der Waals surface area contributed by atoms with E-state index in [-0.39, 0.29) is 0 Å². The first-order valence-electron chi connectivity index (χ1n) is 4.89. The van der Waals surface area contributed by atoms with Crippen molar-refractivity contribution in [3.05, 3.63) is 23.8 Å². The van der Waals surface area contributed by atoms with Crippen molar-refractivity contribution < 1.29 is 5.11 Å². The van der Waals surface area contributed by atoms with Gasteiger partial charge in [0.1, 0.15) is 5.75 Å². The summed E-state index contributed by atoms with van der Waals surface area (Å²) < 4.78 is 0. The monoisotopic (exact) mass is 194 g/mol. The maximum Gasteiger partial charge on any atom is 0.120 e. The minimum Gasteiger partial charge on any atom is -0.508 e. The Morgan fingerprint density at radius 2 is 2.14 bits per heavy atom. The number of nitrogen functional groups attached to an aromatic ring is 1. The fourth-order valence-corrected chi connectivity index (χ4v) is 1.48. The molecule has 1 aromatic carbocycles. The SMILES string of the molecule is CCCN(C)Cc1cc(N)ccc1O. The molecule has 1 aromatic rings. The van der Waals surface area contributed by atoms with Gasteiger partial charge in [0.05, 0.1) is 0 Å². The maximum absolute atomic E-state index is 9.57. The van der Waals surface area contributed by atoms with Crippen LogP contribution in [0.1, 0.15) is 18.9 Å². The van der Waals surface area contributed by atoms with E-state index in [1.807, 2.05) is 13.1 Å². The molecule has 0 aromatic heterocycles. The smallest absolute Gasteiger partial charge is 0.120 e. The lowest BCUT2D eigenvalue weighted by molar-refractivity contribution is 0.321. The molecule has 0 saturated carbocycles. The van der Waals surface area contributed by atoms with Gasteiger partial charge in [-0.2, -0.15) is 0 Å². The molecule has 0 amide bonds. The molecule has 3 heteroatoms. The van der Waals surface area contributed by atoms with Gasteiger partial charge in [-0.05, 0) is 38.2 Å². The van der Waals surface area contributed by atoms with Crippen molar-refractivity contribution in [2.24, 2.45) is 0 Å². The third-order valence-corrected chi connectivity index (χ3v) is 2.15. The number of anilines is 1. The van der Waals surface area contributed by atoms with E-state index in [1.165, 1.54) is 0 Å². The molecular weight excluding hydrogens is 176 g/mol. The van der Waals surface area contributed by atoms with Gasteiger partial charge in [-0.1, -0.05) is 6.92 Å². The van der Waals surface area contributed by atoms with Crippen LogP contribution in [0.4, 0.5) is 5.69 Å². The Balaban J connectivity index is 2.70. The van der Waals surface area contributed by atoms with Gasteiger partial charge in [0.2, 0.25) is 0 Å². The van der Waals surface area contributed by atoms with Crippen molar-refractivity contribution in [3.8, 4) is 5.75 Å². The number of hydrogen-bond acceptors (Lipinski definition) is 3. The highest BCUT2D eigenvalue weighted by molar-refractivity contribution is 5.47. The zero-order chi connectivity index (χ0) is 10.6. The number of phenols is 1. The third kappa shape index (κ3) is 2.92. The van der Waals surface area contributed by atoms with Crippen LogP contribution in [0.25, 0.3) is 0 Å². The summed E-state index contributed by atoms with van der Waals surface area (Å²) >= 11 is 0. The summed E-state index contributed by atoms with van der Waals surface area (Å²) in [6, 6.07) is 5.17. The van der Waals surface area contributed by atoms with Crippen LogP contribution in [0.2, 0.25) is 0 Å². The van der Waals surface area contributed by atoms with Gasteiger partial charge >= 0.3 is 0 Å². The van der Waals surface area contributed by atoms with E-state index in [2.05, 4.69) is 11.8 Å². The van der Waals surface area contributed by atoms with E-state index in [1.54, 1.807) is 12.1 Å². The molecule has 0 atom stereocenters. The van der Waals surface area contributed by atoms with Crippen LogP contribution in [0.15, 0.2) is 18.2 Å². The molecule has 0 aliphatic heterocycles. The molecule has 0 spiro atoms. The number of rotatable bonds is 4. The Morgan fingerprint density at radius 3 is 2.79 bits per heavy atom. The fourth-order valence-electron chi connectivity index (χ4n) is 1.48. The zero-order valence-corrected chi connectivity index (χ0v) is 8.83. The lowest BCUT2D eigenvalue weighted by Gasteiger charge is -2.16. The number of nitrogens with two attached hydrogens (primary N) is 1. The summed E-state index contributed by atoms with van der Waals surface area (Å²) in [6.45, 7) is 3.90. The van der Waals surface area contributed by atoms with E-state index in [0.717, 1.165) is 25.1 Å². The Hall–Kier alpha value is -1.22. The summed E-state index contributed by atoms with van der Waals surface area (Å²) in [5.41, 5.74) is 7.23. The number of nitrogens with zero attached hydrogens (tertiary/aromatic N) is 1. The molecule has 0 aliphatic carbocycles. The van der Waals surface area contributed by atoms with Gasteiger partial charge < -0.3 is 15.7 Å². The fraction of sp³-hybridized carbons (Fsp3) is 0.455. The summed E-state index contributed by atoms with van der Waals surface area (Å²) in [5, 5.41) is 9.57. The van der Waals surface area contributed by atoms with Crippen molar-refractivity contribution in [1.82, 2.24) is 4.90 Å². The van der Waals surface area contributed by atoms with Gasteiger partial charge in [0.15, 0.2) is 0 Å². The highest BCUT2D eigenvalue weighted by Crippen LogP contribution is 2.20. The molecule has 0 radical (unpaired) electrons. The van der Waals surface area contributed by atoms with Gasteiger partial charge in [-0.15, -0.1) is 0 Å². The van der Waals surface area contributed by atoms with Crippen LogP contribution in [0.5, 0.6) is 5.75 Å². The van der Waals surface area contributed by atoms with Crippen molar-refractivity contribution in [2.75, 3.05) is 19.3 Å². The van der Waals surface area contributed by atoms with E-state index < -0.39 is 0 Å². The zero-order valence-electron chi connectivity index (χ0n) is 8.83. The van der Waals surface area contributed by atoms with Crippen molar-refractivity contribution in [3.63, 3.8) is 0 Å². The quantitative estimate of drug-likeness (QED) is 0.567. The maximum atomic E-state index is 9.57. The molecule has 3 nitrogen and oxygen atoms in total. The lowest BCUT2D eigenvalue weighted by atomic mass is 10.1. The molecule has 0 bridgehead atoms. The second-order valence-corrected chi connectivity index (χ2v) is 3.63. The van der Waals surface area contributed by atoms with Crippen molar-refractivity contribution in [1.29, 1.82) is 0 Å². The third-order valence-electron chi connectivity index (χ3n) is 2.15. The summed E-state index contributed by atoms with van der Waals surface area (Å²) in [7, 11) is 2.03. The molecule has 0 saturated heterocycles. The molecule has 78 valence electrons. The Kier molecular flexibility index (Phi) is 3.77. The number of phenolic OH excluding ortho intramolecular Hbond substituents is 1. The minimum atomic E-state index is 0.321. The predicted molar refractivity (Wildman–Crippen MR) is 59.1 cm³/mol. The normalized spacial score (nSPS) is 10.8. The molecule has 0 heterocycles.